The summed E-state index contributed by atoms with van der Waals surface area (Å²) in [5.41, 5.74) is 0. The lowest BCUT2D eigenvalue weighted by Crippen LogP contribution is -2.26. The van der Waals surface area contributed by atoms with E-state index in [1.807, 2.05) is 0 Å². The zero-order valence-electron chi connectivity index (χ0n) is 6.39. The summed E-state index contributed by atoms with van der Waals surface area (Å²) >= 11 is 0. The zero-order chi connectivity index (χ0) is 7.11. The smallest absolute Gasteiger partial charge is 0.0949 e. The molecule has 55 valence electrons. The molecule has 0 saturated heterocycles. The number of likely N-dealkylation sites (N-methyl/N-ethyl adjacent to an activating group) is 1. The van der Waals surface area contributed by atoms with Gasteiger partial charge in [-0.2, -0.15) is 0 Å². The first kappa shape index (κ1) is 8.92. The lowest BCUT2D eigenvalue weighted by molar-refractivity contribution is 0.143. The van der Waals surface area contributed by atoms with Crippen LogP contribution in [-0.2, 0) is 5.11 Å². The predicted octanol–water partition coefficient (Wildman–Crippen LogP) is 1.15. The van der Waals surface area contributed by atoms with Gasteiger partial charge in [-0.1, -0.05) is 13.8 Å². The first-order chi connectivity index (χ1) is 4.35. The lowest BCUT2D eigenvalue weighted by atomic mass is 10.4. The van der Waals surface area contributed by atoms with Crippen LogP contribution in [0.2, 0.25) is 0 Å². The van der Waals surface area contributed by atoms with Gasteiger partial charge in [-0.25, -0.2) is 5.11 Å². The number of hydrogen-bond donors (Lipinski definition) is 0. The zero-order valence-corrected chi connectivity index (χ0v) is 6.39. The van der Waals surface area contributed by atoms with Crippen LogP contribution in [0, 0.1) is 0 Å². The molecule has 0 N–H and O–H groups in total. The molecule has 1 radical (unpaired) electrons. The van der Waals surface area contributed by atoms with Crippen LogP contribution in [-0.4, -0.2) is 31.1 Å². The van der Waals surface area contributed by atoms with E-state index in [9.17, 15) is 5.11 Å². The van der Waals surface area contributed by atoms with Gasteiger partial charge in [-0.05, 0) is 19.5 Å². The number of hydrogen-bond acceptors (Lipinski definition) is 1. The monoisotopic (exact) mass is 130 g/mol. The Balaban J connectivity index is 3.18. The Morgan fingerprint density at radius 2 is 1.89 bits per heavy atom. The van der Waals surface area contributed by atoms with Crippen LogP contribution < -0.4 is 0 Å². The molecule has 0 aliphatic rings. The summed E-state index contributed by atoms with van der Waals surface area (Å²) in [6, 6.07) is 0. The molecule has 0 aliphatic carbocycles. The second kappa shape index (κ2) is 6.05. The Hall–Kier alpha value is -0.0800. The van der Waals surface area contributed by atoms with Gasteiger partial charge in [0, 0.05) is 6.54 Å². The molecule has 0 saturated carbocycles. The van der Waals surface area contributed by atoms with Crippen LogP contribution in [0.25, 0.3) is 0 Å². The van der Waals surface area contributed by atoms with Gasteiger partial charge in [0.05, 0.1) is 6.61 Å². The lowest BCUT2D eigenvalue weighted by Gasteiger charge is -2.16. The molecule has 0 fully saturated rings. The third-order valence-electron chi connectivity index (χ3n) is 1.39. The van der Waals surface area contributed by atoms with Gasteiger partial charge in [0.1, 0.15) is 0 Å². The first-order valence-electron chi connectivity index (χ1n) is 3.65. The number of rotatable bonds is 5. The fraction of sp³-hybridized carbons (Fsp3) is 1.00. The van der Waals surface area contributed by atoms with Crippen LogP contribution >= 0.6 is 0 Å². The summed E-state index contributed by atoms with van der Waals surface area (Å²) in [5, 5.41) is 10.1. The SMILES string of the molecule is CCCN(CC)CC[O]. The largest absolute Gasteiger partial charge is 0.301 e. The van der Waals surface area contributed by atoms with Crippen molar-refractivity contribution in [2.45, 2.75) is 20.3 Å². The molecule has 9 heavy (non-hydrogen) atoms. The van der Waals surface area contributed by atoms with Gasteiger partial charge < -0.3 is 4.90 Å². The van der Waals surface area contributed by atoms with Crippen molar-refractivity contribution in [2.75, 3.05) is 26.2 Å². The van der Waals surface area contributed by atoms with Crippen molar-refractivity contribution in [2.24, 2.45) is 0 Å². The van der Waals surface area contributed by atoms with E-state index in [0.29, 0.717) is 6.54 Å². The van der Waals surface area contributed by atoms with Crippen molar-refractivity contribution in [3.8, 4) is 0 Å². The standard InChI is InChI=1S/C7H16NO/c1-3-5-8(4-2)6-7-9/h3-7H2,1-2H3. The molecular weight excluding hydrogens is 114 g/mol. The molecule has 0 amide bonds. The topological polar surface area (TPSA) is 23.1 Å². The highest BCUT2D eigenvalue weighted by Crippen LogP contribution is 1.88. The molecule has 0 bridgehead atoms. The van der Waals surface area contributed by atoms with E-state index < -0.39 is 0 Å². The quantitative estimate of drug-likeness (QED) is 0.547. The summed E-state index contributed by atoms with van der Waals surface area (Å²) in [6.07, 6.45) is 1.15. The molecular formula is C7H16NO. The van der Waals surface area contributed by atoms with Crippen molar-refractivity contribution in [1.29, 1.82) is 0 Å². The summed E-state index contributed by atoms with van der Waals surface area (Å²) in [4.78, 5) is 2.17. The van der Waals surface area contributed by atoms with Gasteiger partial charge in [-0.15, -0.1) is 0 Å². The maximum absolute atomic E-state index is 10.1. The normalized spacial score (nSPS) is 10.7. The molecule has 0 aliphatic heterocycles. The maximum Gasteiger partial charge on any atom is 0.0949 e. The fourth-order valence-electron chi connectivity index (χ4n) is 0.873. The van der Waals surface area contributed by atoms with Crippen LogP contribution in [0.1, 0.15) is 20.3 Å². The maximum atomic E-state index is 10.1. The summed E-state index contributed by atoms with van der Waals surface area (Å²) in [6.45, 7) is 7.05. The molecule has 0 heterocycles. The van der Waals surface area contributed by atoms with E-state index >= 15 is 0 Å². The highest BCUT2D eigenvalue weighted by molar-refractivity contribution is 4.50. The van der Waals surface area contributed by atoms with Gasteiger partial charge in [-0.3, -0.25) is 0 Å². The van der Waals surface area contributed by atoms with Crippen molar-refractivity contribution < 1.29 is 5.11 Å². The van der Waals surface area contributed by atoms with E-state index in [4.69, 9.17) is 0 Å². The van der Waals surface area contributed by atoms with E-state index in [2.05, 4.69) is 18.7 Å². The molecule has 0 atom stereocenters. The number of nitrogens with zero attached hydrogens (tertiary/aromatic N) is 1. The summed E-state index contributed by atoms with van der Waals surface area (Å²) in [5.74, 6) is 0. The van der Waals surface area contributed by atoms with E-state index in [1.165, 1.54) is 0 Å². The fourth-order valence-corrected chi connectivity index (χ4v) is 0.873. The Morgan fingerprint density at radius 1 is 1.22 bits per heavy atom. The van der Waals surface area contributed by atoms with Crippen molar-refractivity contribution in [1.82, 2.24) is 4.90 Å². The van der Waals surface area contributed by atoms with Crippen LogP contribution in [0.3, 0.4) is 0 Å². The average molecular weight is 130 g/mol. The Bertz CT molecular complexity index is 50.9. The van der Waals surface area contributed by atoms with Gasteiger partial charge in [0.15, 0.2) is 0 Å². The Morgan fingerprint density at radius 3 is 2.22 bits per heavy atom. The molecule has 0 aromatic rings. The van der Waals surface area contributed by atoms with Crippen LogP contribution in [0.15, 0.2) is 0 Å². The molecule has 0 spiro atoms. The third kappa shape index (κ3) is 4.43. The average Bonchev–Trinajstić information content (AvgIpc) is 1.88. The molecule has 0 aromatic carbocycles. The van der Waals surface area contributed by atoms with Gasteiger partial charge in [0.2, 0.25) is 0 Å². The highest BCUT2D eigenvalue weighted by Gasteiger charge is 1.97. The van der Waals surface area contributed by atoms with Crippen molar-refractivity contribution >= 4 is 0 Å². The highest BCUT2D eigenvalue weighted by atomic mass is 16.3. The first-order valence-corrected chi connectivity index (χ1v) is 3.65. The molecule has 0 aromatic heterocycles. The van der Waals surface area contributed by atoms with Crippen molar-refractivity contribution in [3.63, 3.8) is 0 Å². The minimum absolute atomic E-state index is 0.0356. The molecule has 2 heteroatoms. The van der Waals surface area contributed by atoms with Crippen LogP contribution in [0.4, 0.5) is 0 Å². The van der Waals surface area contributed by atoms with Crippen molar-refractivity contribution in [3.05, 3.63) is 0 Å². The predicted molar refractivity (Wildman–Crippen MR) is 38.0 cm³/mol. The summed E-state index contributed by atoms with van der Waals surface area (Å²) in [7, 11) is 0. The molecule has 2 nitrogen and oxygen atoms in total. The second-order valence-electron chi connectivity index (χ2n) is 2.14. The molecule has 0 unspecified atom stereocenters. The minimum atomic E-state index is 0.0356. The molecule has 0 rings (SSSR count). The van der Waals surface area contributed by atoms with Crippen LogP contribution in [0.5, 0.6) is 0 Å². The van der Waals surface area contributed by atoms with Gasteiger partial charge in [0.25, 0.3) is 0 Å². The van der Waals surface area contributed by atoms with Gasteiger partial charge >= 0.3 is 0 Å². The minimum Gasteiger partial charge on any atom is -0.301 e. The Kier molecular flexibility index (Phi) is 5.99. The third-order valence-corrected chi connectivity index (χ3v) is 1.39. The Labute approximate surface area is 57.5 Å². The van der Waals surface area contributed by atoms with E-state index in [-0.39, 0.29) is 6.61 Å². The van der Waals surface area contributed by atoms with E-state index in [1.54, 1.807) is 0 Å². The second-order valence-corrected chi connectivity index (χ2v) is 2.14. The van der Waals surface area contributed by atoms with E-state index in [0.717, 1.165) is 19.5 Å². The summed E-state index contributed by atoms with van der Waals surface area (Å²) < 4.78 is 0.